The first-order chi connectivity index (χ1) is 16.5. The smallest absolute Gasteiger partial charge is 0.444 e. The Morgan fingerprint density at radius 2 is 1.86 bits per heavy atom. The first kappa shape index (κ1) is 27.0. The van der Waals surface area contributed by atoms with Crippen LogP contribution in [0.5, 0.6) is 0 Å². The Hall–Kier alpha value is -2.06. The van der Waals surface area contributed by atoms with Crippen LogP contribution in [0.25, 0.3) is 0 Å². The average Bonchev–Trinajstić information content (AvgIpc) is 3.08. The molecule has 2 N–H and O–H groups in total. The van der Waals surface area contributed by atoms with Crippen LogP contribution in [0, 0.1) is 24.2 Å². The Balaban J connectivity index is 1.53. The molecule has 1 aromatic carbocycles. The summed E-state index contributed by atoms with van der Waals surface area (Å²) in [6, 6.07) is 8.25. The lowest BCUT2D eigenvalue weighted by molar-refractivity contribution is -0.199. The molecule has 8 heteroatoms. The van der Waals surface area contributed by atoms with Crippen molar-refractivity contribution in [2.45, 2.75) is 110 Å². The number of nitrogens with one attached hydrogen (secondary N) is 2. The van der Waals surface area contributed by atoms with Gasteiger partial charge in [-0.2, -0.15) is 0 Å². The van der Waals surface area contributed by atoms with E-state index in [0.29, 0.717) is 18.3 Å². The summed E-state index contributed by atoms with van der Waals surface area (Å²) >= 11 is 0. The highest BCUT2D eigenvalue weighted by molar-refractivity contribution is 6.48. The standard InChI is InChI=1S/C28H43BN2O5/c1-17-11-10-12-18(13-17)14-22(30-23(32)27(7,8)31-24(33)34-25(2,3)4)29-35-21-16-19-15-20(26(19,5)6)28(21,9)36-29/h10-13,19-22H,14-16H2,1-9H3,(H,30,32)(H,31,33)/t19-,20-,21+,22-,28-/m0/s1. The van der Waals surface area contributed by atoms with Gasteiger partial charge < -0.3 is 24.7 Å². The number of ether oxygens (including phenoxy) is 1. The minimum Gasteiger partial charge on any atom is -0.444 e. The van der Waals surface area contributed by atoms with Crippen molar-refractivity contribution in [3.63, 3.8) is 0 Å². The van der Waals surface area contributed by atoms with Gasteiger partial charge in [-0.15, -0.1) is 0 Å². The molecule has 1 aliphatic heterocycles. The summed E-state index contributed by atoms with van der Waals surface area (Å²) in [4.78, 5) is 25.9. The van der Waals surface area contributed by atoms with E-state index in [0.717, 1.165) is 24.0 Å². The van der Waals surface area contributed by atoms with Crippen molar-refractivity contribution >= 4 is 19.1 Å². The molecule has 198 valence electrons. The van der Waals surface area contributed by atoms with Crippen molar-refractivity contribution in [2.75, 3.05) is 0 Å². The topological polar surface area (TPSA) is 85.9 Å². The molecule has 5 rings (SSSR count). The number of benzene rings is 1. The molecule has 0 unspecified atom stereocenters. The molecule has 0 spiro atoms. The molecule has 3 aliphatic carbocycles. The highest BCUT2D eigenvalue weighted by Crippen LogP contribution is 2.65. The van der Waals surface area contributed by atoms with Crippen LogP contribution in [0.3, 0.4) is 0 Å². The van der Waals surface area contributed by atoms with Crippen molar-refractivity contribution < 1.29 is 23.6 Å². The predicted octanol–water partition coefficient (Wildman–Crippen LogP) is 4.59. The van der Waals surface area contributed by atoms with Gasteiger partial charge in [-0.3, -0.25) is 4.79 Å². The maximum absolute atomic E-state index is 13.5. The van der Waals surface area contributed by atoms with Gasteiger partial charge in [-0.25, -0.2) is 4.79 Å². The zero-order valence-corrected chi connectivity index (χ0v) is 23.4. The number of hydrogen-bond acceptors (Lipinski definition) is 5. The summed E-state index contributed by atoms with van der Waals surface area (Å²) in [5.74, 6) is 0.341. The number of carbonyl (C=O) groups excluding carboxylic acids is 2. The molecule has 2 amide bonds. The number of hydrogen-bond donors (Lipinski definition) is 2. The molecule has 2 bridgehead atoms. The number of carbonyl (C=O) groups is 2. The minimum atomic E-state index is -1.19. The van der Waals surface area contributed by atoms with E-state index in [1.807, 2.05) is 6.07 Å². The third-order valence-corrected chi connectivity index (χ3v) is 8.53. The predicted molar refractivity (Wildman–Crippen MR) is 140 cm³/mol. The maximum atomic E-state index is 13.5. The van der Waals surface area contributed by atoms with E-state index in [4.69, 9.17) is 14.0 Å². The summed E-state index contributed by atoms with van der Waals surface area (Å²) in [5.41, 5.74) is 0.263. The molecule has 5 atom stereocenters. The van der Waals surface area contributed by atoms with Gasteiger partial charge in [0.2, 0.25) is 5.91 Å². The lowest BCUT2D eigenvalue weighted by atomic mass is 9.43. The molecule has 1 aromatic rings. The second-order valence-corrected chi connectivity index (χ2v) is 13.4. The fraction of sp³-hybridized carbons (Fsp3) is 0.714. The second kappa shape index (κ2) is 9.05. The lowest BCUT2D eigenvalue weighted by Gasteiger charge is -2.64. The molecule has 4 fully saturated rings. The largest absolute Gasteiger partial charge is 0.482 e. The van der Waals surface area contributed by atoms with Gasteiger partial charge in [-0.05, 0) is 90.5 Å². The summed E-state index contributed by atoms with van der Waals surface area (Å²) < 4.78 is 18.6. The Labute approximate surface area is 216 Å². The van der Waals surface area contributed by atoms with Crippen LogP contribution in [0.15, 0.2) is 24.3 Å². The van der Waals surface area contributed by atoms with Crippen molar-refractivity contribution in [3.05, 3.63) is 35.4 Å². The Morgan fingerprint density at radius 3 is 2.47 bits per heavy atom. The monoisotopic (exact) mass is 498 g/mol. The molecular formula is C28H43BN2O5. The highest BCUT2D eigenvalue weighted by atomic mass is 16.7. The van der Waals surface area contributed by atoms with Crippen LogP contribution in [0.2, 0.25) is 0 Å². The number of aryl methyl sites for hydroxylation is 1. The van der Waals surface area contributed by atoms with E-state index < -0.39 is 30.3 Å². The summed E-state index contributed by atoms with van der Waals surface area (Å²) in [7, 11) is -0.572. The van der Waals surface area contributed by atoms with Gasteiger partial charge >= 0.3 is 13.2 Å². The second-order valence-electron chi connectivity index (χ2n) is 13.4. The molecule has 3 saturated carbocycles. The molecule has 0 radical (unpaired) electrons. The van der Waals surface area contributed by atoms with Gasteiger partial charge in [0.1, 0.15) is 11.1 Å². The number of alkyl carbamates (subject to hydrolysis) is 1. The van der Waals surface area contributed by atoms with Gasteiger partial charge in [0.15, 0.2) is 0 Å². The molecule has 36 heavy (non-hydrogen) atoms. The third-order valence-electron chi connectivity index (χ3n) is 8.53. The SMILES string of the molecule is Cc1cccc(C[C@H](NC(=O)C(C)(C)NC(=O)OC(C)(C)C)B2O[C@@H]3C[C@@H]4C[C@@H](C4(C)C)[C@]3(C)O2)c1. The quantitative estimate of drug-likeness (QED) is 0.561. The Bertz CT molecular complexity index is 1020. The third kappa shape index (κ3) is 5.17. The van der Waals surface area contributed by atoms with E-state index in [-0.39, 0.29) is 23.0 Å². The minimum absolute atomic E-state index is 0.0177. The van der Waals surface area contributed by atoms with Crippen LogP contribution >= 0.6 is 0 Å². The van der Waals surface area contributed by atoms with Crippen LogP contribution in [-0.4, -0.2) is 47.9 Å². The fourth-order valence-corrected chi connectivity index (χ4v) is 6.34. The highest BCUT2D eigenvalue weighted by Gasteiger charge is 2.68. The van der Waals surface area contributed by atoms with Crippen LogP contribution in [0.4, 0.5) is 4.79 Å². The van der Waals surface area contributed by atoms with E-state index in [1.165, 1.54) is 0 Å². The van der Waals surface area contributed by atoms with E-state index in [1.54, 1.807) is 34.6 Å². The molecule has 4 aliphatic rings. The van der Waals surface area contributed by atoms with Crippen molar-refractivity contribution in [3.8, 4) is 0 Å². The molecule has 1 heterocycles. The van der Waals surface area contributed by atoms with Crippen LogP contribution in [0.1, 0.15) is 79.4 Å². The van der Waals surface area contributed by atoms with E-state index in [9.17, 15) is 9.59 Å². The first-order valence-electron chi connectivity index (χ1n) is 13.2. The average molecular weight is 498 g/mol. The Morgan fingerprint density at radius 1 is 1.17 bits per heavy atom. The Kier molecular flexibility index (Phi) is 6.79. The van der Waals surface area contributed by atoms with E-state index in [2.05, 4.69) is 56.5 Å². The normalized spacial score (nSPS) is 29.6. The molecular weight excluding hydrogens is 455 g/mol. The van der Waals surface area contributed by atoms with Gasteiger partial charge in [-0.1, -0.05) is 43.7 Å². The van der Waals surface area contributed by atoms with Gasteiger partial charge in [0.05, 0.1) is 17.6 Å². The summed E-state index contributed by atoms with van der Waals surface area (Å²) in [6.07, 6.45) is 2.09. The van der Waals surface area contributed by atoms with Crippen molar-refractivity contribution in [1.29, 1.82) is 0 Å². The number of amides is 2. The molecule has 0 aromatic heterocycles. The zero-order chi connectivity index (χ0) is 26.7. The number of rotatable bonds is 6. The lowest BCUT2D eigenvalue weighted by Crippen LogP contribution is -2.65. The van der Waals surface area contributed by atoms with Gasteiger partial charge in [0, 0.05) is 0 Å². The summed E-state index contributed by atoms with van der Waals surface area (Å²) in [6.45, 7) is 17.6. The fourth-order valence-electron chi connectivity index (χ4n) is 6.34. The van der Waals surface area contributed by atoms with Crippen molar-refractivity contribution in [1.82, 2.24) is 10.6 Å². The first-order valence-corrected chi connectivity index (χ1v) is 13.2. The molecule has 1 saturated heterocycles. The maximum Gasteiger partial charge on any atom is 0.482 e. The zero-order valence-electron chi connectivity index (χ0n) is 23.4. The van der Waals surface area contributed by atoms with Gasteiger partial charge in [0.25, 0.3) is 0 Å². The molecule has 7 nitrogen and oxygen atoms in total. The van der Waals surface area contributed by atoms with Crippen molar-refractivity contribution in [2.24, 2.45) is 17.3 Å². The van der Waals surface area contributed by atoms with Crippen LogP contribution < -0.4 is 10.6 Å². The summed E-state index contributed by atoms with van der Waals surface area (Å²) in [5, 5.41) is 5.86. The van der Waals surface area contributed by atoms with Crippen LogP contribution in [-0.2, 0) is 25.3 Å². The van der Waals surface area contributed by atoms with E-state index >= 15 is 0 Å².